The Balaban J connectivity index is 1.89. The Morgan fingerprint density at radius 1 is 0.547 bits per heavy atom. The molecule has 0 unspecified atom stereocenters. The van der Waals surface area contributed by atoms with Gasteiger partial charge >= 0.3 is 23.9 Å². The fraction of sp³-hybridized carbons (Fsp3) is 0.449. The molecule has 0 aliphatic rings. The minimum absolute atomic E-state index is 0.00292. The predicted octanol–water partition coefficient (Wildman–Crippen LogP) is 7.45. The van der Waals surface area contributed by atoms with E-state index in [1.165, 1.54) is 64.1 Å². The molecule has 3 rings (SSSR count). The van der Waals surface area contributed by atoms with Crippen LogP contribution >= 0.6 is 0 Å². The summed E-state index contributed by atoms with van der Waals surface area (Å²) < 4.78 is 21.0. The number of nitrogens with one attached hydrogen (secondary N) is 4. The largest absolute Gasteiger partial charge is 0.423 e. The maximum absolute atomic E-state index is 13.8. The molecule has 0 aromatic heterocycles. The molecule has 0 bridgehead atoms. The molecular weight excluding hydrogens is 821 g/mol. The van der Waals surface area contributed by atoms with Crippen molar-refractivity contribution in [3.63, 3.8) is 0 Å². The summed E-state index contributed by atoms with van der Waals surface area (Å²) in [5.41, 5.74) is 3.18. The molecule has 3 amide bonds. The SMILES string of the molecule is C=C(NCCCC(CCCNC(=O)c1cccc(OC(C)=O)c1OC(C)=O)(CCCNC(=O)c1cccc(OC(C)=O)c1OC(C)=O)NC(=O)CCC(C)(C)C)c1cccc(C)c1C. The third kappa shape index (κ3) is 17.0. The fourth-order valence-corrected chi connectivity index (χ4v) is 7.05. The van der Waals surface area contributed by atoms with Crippen molar-refractivity contribution in [2.24, 2.45) is 5.41 Å². The second-order valence-corrected chi connectivity index (χ2v) is 17.0. The molecule has 0 radical (unpaired) electrons. The molecule has 4 N–H and O–H groups in total. The summed E-state index contributed by atoms with van der Waals surface area (Å²) in [6.07, 6.45) is 3.80. The fourth-order valence-electron chi connectivity index (χ4n) is 7.05. The van der Waals surface area contributed by atoms with Gasteiger partial charge in [0.2, 0.25) is 5.91 Å². The second kappa shape index (κ2) is 24.4. The first-order chi connectivity index (χ1) is 30.1. The van der Waals surface area contributed by atoms with Crippen LogP contribution in [0, 0.1) is 19.3 Å². The molecule has 64 heavy (non-hydrogen) atoms. The molecule has 0 saturated heterocycles. The zero-order chi connectivity index (χ0) is 47.6. The highest BCUT2D eigenvalue weighted by Crippen LogP contribution is 2.34. The van der Waals surface area contributed by atoms with E-state index in [4.69, 9.17) is 18.9 Å². The number of benzene rings is 3. The van der Waals surface area contributed by atoms with Crippen LogP contribution in [0.15, 0.2) is 61.2 Å². The molecule has 0 heterocycles. The van der Waals surface area contributed by atoms with E-state index in [-0.39, 0.29) is 65.0 Å². The molecule has 0 spiro atoms. The van der Waals surface area contributed by atoms with Gasteiger partial charge in [-0.05, 0) is 99.6 Å². The van der Waals surface area contributed by atoms with E-state index in [0.29, 0.717) is 51.5 Å². The van der Waals surface area contributed by atoms with E-state index >= 15 is 0 Å². The summed E-state index contributed by atoms with van der Waals surface area (Å²) in [7, 11) is 0. The highest BCUT2D eigenvalue weighted by Gasteiger charge is 2.32. The maximum atomic E-state index is 13.8. The van der Waals surface area contributed by atoms with E-state index < -0.39 is 41.2 Å². The molecule has 346 valence electrons. The first kappa shape index (κ1) is 51.8. The number of hydrogen-bond donors (Lipinski definition) is 4. The Hall–Kier alpha value is -6.51. The Morgan fingerprint density at radius 2 is 0.953 bits per heavy atom. The summed E-state index contributed by atoms with van der Waals surface area (Å²) in [5, 5.41) is 12.6. The third-order valence-electron chi connectivity index (χ3n) is 10.3. The highest BCUT2D eigenvalue weighted by atomic mass is 16.6. The Morgan fingerprint density at radius 3 is 1.38 bits per heavy atom. The van der Waals surface area contributed by atoms with Crippen LogP contribution in [-0.2, 0) is 24.0 Å². The lowest BCUT2D eigenvalue weighted by molar-refractivity contribution is -0.134. The first-order valence-electron chi connectivity index (χ1n) is 21.5. The lowest BCUT2D eigenvalue weighted by atomic mass is 9.82. The number of hydrogen-bond acceptors (Lipinski definition) is 12. The molecule has 0 aliphatic heterocycles. The van der Waals surface area contributed by atoms with Gasteiger partial charge in [0.1, 0.15) is 0 Å². The summed E-state index contributed by atoms with van der Waals surface area (Å²) >= 11 is 0. The van der Waals surface area contributed by atoms with Crippen molar-refractivity contribution in [3.8, 4) is 23.0 Å². The smallest absolute Gasteiger partial charge is 0.308 e. The van der Waals surface area contributed by atoms with Crippen molar-refractivity contribution >= 4 is 47.3 Å². The van der Waals surface area contributed by atoms with Crippen molar-refractivity contribution in [3.05, 3.63) is 89.0 Å². The van der Waals surface area contributed by atoms with Crippen molar-refractivity contribution < 1.29 is 52.5 Å². The van der Waals surface area contributed by atoms with Crippen LogP contribution in [0.3, 0.4) is 0 Å². The zero-order valence-electron chi connectivity index (χ0n) is 38.7. The summed E-state index contributed by atoms with van der Waals surface area (Å²) in [4.78, 5) is 88.3. The number of rotatable bonds is 23. The molecule has 15 heteroatoms. The van der Waals surface area contributed by atoms with Crippen LogP contribution in [0.5, 0.6) is 23.0 Å². The average molecular weight is 885 g/mol. The van der Waals surface area contributed by atoms with Gasteiger partial charge in [0.25, 0.3) is 11.8 Å². The normalized spacial score (nSPS) is 11.1. The monoisotopic (exact) mass is 884 g/mol. The standard InChI is InChI=1S/C49H64N4O11/c1-31-17-11-18-38(32(31)2)33(3)50-28-14-24-49(53-43(58)23-27-48(8,9)10,25-15-29-51-46(59)39-19-12-21-41(61-34(4)54)44(39)63-36(6)56)26-16-30-52-47(60)40-20-13-22-42(62-35(5)55)45(40)64-37(7)57/h11-13,17-22,50H,3,14-16,23-30H2,1-2,4-10H3,(H,51,59)(H,52,60)(H,53,58). The van der Waals surface area contributed by atoms with E-state index in [0.717, 1.165) is 22.4 Å². The van der Waals surface area contributed by atoms with Crippen molar-refractivity contribution in [2.75, 3.05) is 19.6 Å². The van der Waals surface area contributed by atoms with Gasteiger partial charge in [0.15, 0.2) is 23.0 Å². The van der Waals surface area contributed by atoms with Crippen LogP contribution in [0.1, 0.15) is 137 Å². The molecule has 0 atom stereocenters. The zero-order valence-corrected chi connectivity index (χ0v) is 38.7. The van der Waals surface area contributed by atoms with Gasteiger partial charge in [-0.25, -0.2) is 0 Å². The number of amides is 3. The number of para-hydroxylation sites is 2. The molecule has 15 nitrogen and oxygen atoms in total. The number of carbonyl (C=O) groups excluding carboxylic acids is 7. The quantitative estimate of drug-likeness (QED) is 0.0417. The Bertz CT molecular complexity index is 2090. The number of carbonyl (C=O) groups is 7. The van der Waals surface area contributed by atoms with Crippen LogP contribution < -0.4 is 40.2 Å². The third-order valence-corrected chi connectivity index (χ3v) is 10.3. The van der Waals surface area contributed by atoms with Crippen molar-refractivity contribution in [2.45, 2.75) is 119 Å². The highest BCUT2D eigenvalue weighted by molar-refractivity contribution is 5.99. The van der Waals surface area contributed by atoms with E-state index in [9.17, 15) is 33.6 Å². The summed E-state index contributed by atoms with van der Waals surface area (Å²) in [6.45, 7) is 20.2. The van der Waals surface area contributed by atoms with Gasteiger partial charge in [-0.3, -0.25) is 33.6 Å². The molecule has 0 saturated carbocycles. The van der Waals surface area contributed by atoms with Gasteiger partial charge < -0.3 is 40.2 Å². The summed E-state index contributed by atoms with van der Waals surface area (Å²) in [6, 6.07) is 14.8. The van der Waals surface area contributed by atoms with Crippen molar-refractivity contribution in [1.82, 2.24) is 21.3 Å². The van der Waals surface area contributed by atoms with Gasteiger partial charge in [0, 0.05) is 70.5 Å². The van der Waals surface area contributed by atoms with E-state index in [1.807, 2.05) is 25.1 Å². The number of aryl methyl sites for hydroxylation is 1. The second-order valence-electron chi connectivity index (χ2n) is 17.0. The number of esters is 4. The maximum Gasteiger partial charge on any atom is 0.308 e. The average Bonchev–Trinajstić information content (AvgIpc) is 3.20. The van der Waals surface area contributed by atoms with Gasteiger partial charge in [-0.2, -0.15) is 0 Å². The number of ether oxygens (including phenoxy) is 4. The summed E-state index contributed by atoms with van der Waals surface area (Å²) in [5.74, 6) is -4.49. The van der Waals surface area contributed by atoms with Crippen molar-refractivity contribution in [1.29, 1.82) is 0 Å². The minimum Gasteiger partial charge on any atom is -0.423 e. The van der Waals surface area contributed by atoms with Gasteiger partial charge in [0.05, 0.1) is 11.1 Å². The lowest BCUT2D eigenvalue weighted by Gasteiger charge is -2.36. The van der Waals surface area contributed by atoms with E-state index in [2.05, 4.69) is 55.5 Å². The first-order valence-corrected chi connectivity index (χ1v) is 21.5. The molecular formula is C49H64N4O11. The lowest BCUT2D eigenvalue weighted by Crippen LogP contribution is -2.50. The minimum atomic E-state index is -0.789. The van der Waals surface area contributed by atoms with Crippen LogP contribution in [0.4, 0.5) is 0 Å². The topological polar surface area (TPSA) is 205 Å². The molecule has 0 fully saturated rings. The van der Waals surface area contributed by atoms with Crippen LogP contribution in [0.25, 0.3) is 5.70 Å². The Labute approximate surface area is 376 Å². The molecule has 0 aliphatic carbocycles. The Kier molecular flexibility index (Phi) is 19.7. The molecule has 3 aromatic rings. The predicted molar refractivity (Wildman–Crippen MR) is 243 cm³/mol. The van der Waals surface area contributed by atoms with Crippen LogP contribution in [0.2, 0.25) is 0 Å². The van der Waals surface area contributed by atoms with Gasteiger partial charge in [-0.1, -0.05) is 57.7 Å². The van der Waals surface area contributed by atoms with E-state index in [1.54, 1.807) is 0 Å². The van der Waals surface area contributed by atoms with Gasteiger partial charge in [-0.15, -0.1) is 0 Å². The van der Waals surface area contributed by atoms with Crippen LogP contribution in [-0.4, -0.2) is 66.8 Å². The molecule has 3 aromatic carbocycles.